The van der Waals surface area contributed by atoms with Crippen molar-refractivity contribution in [3.63, 3.8) is 0 Å². The summed E-state index contributed by atoms with van der Waals surface area (Å²) in [6.45, 7) is 1.26. The molecule has 2 rings (SSSR count). The van der Waals surface area contributed by atoms with E-state index in [1.54, 1.807) is 29.6 Å². The van der Waals surface area contributed by atoms with Crippen molar-refractivity contribution in [1.82, 2.24) is 9.62 Å². The van der Waals surface area contributed by atoms with Crippen LogP contribution < -0.4 is 10.1 Å². The van der Waals surface area contributed by atoms with Crippen molar-refractivity contribution in [3.8, 4) is 5.75 Å². The second-order valence-corrected chi connectivity index (χ2v) is 7.51. The number of hydrogen-bond donors (Lipinski definition) is 1. The fraction of sp³-hybridized carbons (Fsp3) is 0.538. The molecule has 1 heterocycles. The first kappa shape index (κ1) is 15.8. The molecule has 0 aliphatic carbocycles. The van der Waals surface area contributed by atoms with Crippen LogP contribution in [0.5, 0.6) is 5.75 Å². The van der Waals surface area contributed by atoms with Crippen LogP contribution in [0.15, 0.2) is 27.6 Å². The fourth-order valence-corrected chi connectivity index (χ4v) is 4.92. The van der Waals surface area contributed by atoms with Gasteiger partial charge in [0.1, 0.15) is 5.75 Å². The van der Waals surface area contributed by atoms with Crippen molar-refractivity contribution in [3.05, 3.63) is 22.7 Å². The topological polar surface area (TPSA) is 58.6 Å². The van der Waals surface area contributed by atoms with Gasteiger partial charge in [-0.2, -0.15) is 4.31 Å². The molecule has 1 saturated heterocycles. The largest absolute Gasteiger partial charge is 0.496 e. The highest BCUT2D eigenvalue weighted by Crippen LogP contribution is 2.31. The molecule has 0 saturated carbocycles. The van der Waals surface area contributed by atoms with E-state index < -0.39 is 10.0 Å². The Kier molecular flexibility index (Phi) is 5.06. The number of ether oxygens (including phenoxy) is 1. The predicted octanol–water partition coefficient (Wildman–Crippen LogP) is 1.83. The summed E-state index contributed by atoms with van der Waals surface area (Å²) < 4.78 is 32.8. The van der Waals surface area contributed by atoms with Crippen molar-refractivity contribution in [2.75, 3.05) is 27.2 Å². The van der Waals surface area contributed by atoms with E-state index in [0.717, 1.165) is 12.8 Å². The van der Waals surface area contributed by atoms with Crippen LogP contribution >= 0.6 is 15.9 Å². The number of nitrogens with zero attached hydrogens (tertiary/aromatic N) is 1. The normalized spacial score (nSPS) is 20.2. The number of rotatable bonds is 5. The maximum atomic E-state index is 12.7. The lowest BCUT2D eigenvalue weighted by atomic mass is 10.2. The summed E-state index contributed by atoms with van der Waals surface area (Å²) >= 11 is 3.33. The number of nitrogens with one attached hydrogen (secondary N) is 1. The Bertz CT molecular complexity index is 577. The van der Waals surface area contributed by atoms with E-state index in [1.807, 2.05) is 7.05 Å². The average molecular weight is 363 g/mol. The van der Waals surface area contributed by atoms with Gasteiger partial charge in [0.2, 0.25) is 10.0 Å². The predicted molar refractivity (Wildman–Crippen MR) is 81.5 cm³/mol. The molecule has 1 atom stereocenters. The van der Waals surface area contributed by atoms with Crippen molar-refractivity contribution >= 4 is 26.0 Å². The van der Waals surface area contributed by atoms with Gasteiger partial charge < -0.3 is 10.1 Å². The van der Waals surface area contributed by atoms with Gasteiger partial charge in [-0.05, 0) is 54.0 Å². The number of benzene rings is 1. The van der Waals surface area contributed by atoms with Crippen LogP contribution in [0.4, 0.5) is 0 Å². The molecule has 1 aliphatic heterocycles. The maximum absolute atomic E-state index is 12.7. The van der Waals surface area contributed by atoms with E-state index in [4.69, 9.17) is 4.74 Å². The van der Waals surface area contributed by atoms with E-state index >= 15 is 0 Å². The highest BCUT2D eigenvalue weighted by atomic mass is 79.9. The third-order valence-electron chi connectivity index (χ3n) is 3.49. The summed E-state index contributed by atoms with van der Waals surface area (Å²) in [5.41, 5.74) is 0. The second kappa shape index (κ2) is 6.43. The number of likely N-dealkylation sites (N-methyl/N-ethyl adjacent to an activating group) is 1. The Hall–Kier alpha value is -0.630. The number of sulfonamides is 1. The quantitative estimate of drug-likeness (QED) is 0.867. The van der Waals surface area contributed by atoms with Crippen molar-refractivity contribution in [1.29, 1.82) is 0 Å². The molecule has 1 aromatic rings. The zero-order valence-corrected chi connectivity index (χ0v) is 14.0. The van der Waals surface area contributed by atoms with E-state index in [-0.39, 0.29) is 6.04 Å². The van der Waals surface area contributed by atoms with Crippen LogP contribution in [0.25, 0.3) is 0 Å². The Labute approximate surface area is 128 Å². The highest BCUT2D eigenvalue weighted by molar-refractivity contribution is 9.10. The molecule has 5 nitrogen and oxygen atoms in total. The Morgan fingerprint density at radius 3 is 2.85 bits per heavy atom. The molecule has 0 bridgehead atoms. The van der Waals surface area contributed by atoms with Crippen LogP contribution in [0.2, 0.25) is 0 Å². The minimum absolute atomic E-state index is 0.0332. The lowest BCUT2D eigenvalue weighted by molar-refractivity contribution is 0.379. The van der Waals surface area contributed by atoms with E-state index in [1.165, 1.54) is 0 Å². The summed E-state index contributed by atoms with van der Waals surface area (Å²) in [7, 11) is -0.0561. The monoisotopic (exact) mass is 362 g/mol. The molecule has 1 fully saturated rings. The minimum atomic E-state index is -3.45. The number of methoxy groups -OCH3 is 1. The van der Waals surface area contributed by atoms with E-state index in [2.05, 4.69) is 21.2 Å². The second-order valence-electron chi connectivity index (χ2n) is 4.77. The van der Waals surface area contributed by atoms with Gasteiger partial charge in [-0.1, -0.05) is 0 Å². The van der Waals surface area contributed by atoms with Gasteiger partial charge in [0, 0.05) is 19.1 Å². The van der Waals surface area contributed by atoms with Gasteiger partial charge in [0.25, 0.3) is 0 Å². The van der Waals surface area contributed by atoms with Gasteiger partial charge in [-0.15, -0.1) is 0 Å². The summed E-state index contributed by atoms with van der Waals surface area (Å²) in [6.07, 6.45) is 1.81. The lowest BCUT2D eigenvalue weighted by Crippen LogP contribution is -2.40. The first-order chi connectivity index (χ1) is 9.50. The Balaban J connectivity index is 2.32. The van der Waals surface area contributed by atoms with Crippen LogP contribution in [0, 0.1) is 0 Å². The molecule has 1 unspecified atom stereocenters. The molecule has 20 heavy (non-hydrogen) atoms. The molecule has 1 aliphatic rings. The van der Waals surface area contributed by atoms with Crippen LogP contribution in [0.3, 0.4) is 0 Å². The molecule has 1 aromatic carbocycles. The van der Waals surface area contributed by atoms with Crippen molar-refractivity contribution < 1.29 is 13.2 Å². The first-order valence-electron chi connectivity index (χ1n) is 6.50. The van der Waals surface area contributed by atoms with Gasteiger partial charge in [0.05, 0.1) is 16.5 Å². The van der Waals surface area contributed by atoms with E-state index in [9.17, 15) is 8.42 Å². The van der Waals surface area contributed by atoms with Crippen molar-refractivity contribution in [2.24, 2.45) is 0 Å². The number of hydrogen-bond acceptors (Lipinski definition) is 4. The van der Waals surface area contributed by atoms with Gasteiger partial charge >= 0.3 is 0 Å². The third-order valence-corrected chi connectivity index (χ3v) is 6.06. The highest BCUT2D eigenvalue weighted by Gasteiger charge is 2.34. The van der Waals surface area contributed by atoms with Gasteiger partial charge in [-0.25, -0.2) is 8.42 Å². The molecule has 0 amide bonds. The summed E-state index contributed by atoms with van der Waals surface area (Å²) in [4.78, 5) is 0.299. The third kappa shape index (κ3) is 3.00. The zero-order chi connectivity index (χ0) is 14.8. The van der Waals surface area contributed by atoms with E-state index in [0.29, 0.717) is 28.2 Å². The molecule has 0 radical (unpaired) electrons. The number of halogens is 1. The van der Waals surface area contributed by atoms with Crippen molar-refractivity contribution in [2.45, 2.75) is 23.8 Å². The SMILES string of the molecule is CNCC1CCCN1S(=O)(=O)c1ccc(OC)c(Br)c1. The molecule has 0 aromatic heterocycles. The van der Waals surface area contributed by atoms with Crippen LogP contribution in [-0.2, 0) is 10.0 Å². The summed E-state index contributed by atoms with van der Waals surface area (Å²) in [5, 5.41) is 3.06. The van der Waals surface area contributed by atoms with Crippen LogP contribution in [-0.4, -0.2) is 46.0 Å². The molecule has 7 heteroatoms. The van der Waals surface area contributed by atoms with Gasteiger partial charge in [0.15, 0.2) is 0 Å². The Morgan fingerprint density at radius 1 is 1.50 bits per heavy atom. The summed E-state index contributed by atoms with van der Waals surface area (Å²) in [5.74, 6) is 0.622. The average Bonchev–Trinajstić information content (AvgIpc) is 2.88. The zero-order valence-electron chi connectivity index (χ0n) is 11.6. The molecular weight excluding hydrogens is 344 g/mol. The molecule has 1 N–H and O–H groups in total. The standard InChI is InChI=1S/C13H19BrN2O3S/c1-15-9-10-4-3-7-16(10)20(17,18)11-5-6-13(19-2)12(14)8-11/h5-6,8,10,15H,3-4,7,9H2,1-2H3. The Morgan fingerprint density at radius 2 is 2.25 bits per heavy atom. The smallest absolute Gasteiger partial charge is 0.243 e. The lowest BCUT2D eigenvalue weighted by Gasteiger charge is -2.24. The molecular formula is C13H19BrN2O3S. The fourth-order valence-electron chi connectivity index (χ4n) is 2.51. The van der Waals surface area contributed by atoms with Crippen LogP contribution in [0.1, 0.15) is 12.8 Å². The minimum Gasteiger partial charge on any atom is -0.496 e. The molecule has 112 valence electrons. The maximum Gasteiger partial charge on any atom is 0.243 e. The first-order valence-corrected chi connectivity index (χ1v) is 8.74. The molecule has 0 spiro atoms. The van der Waals surface area contributed by atoms with Gasteiger partial charge in [-0.3, -0.25) is 0 Å². The summed E-state index contributed by atoms with van der Waals surface area (Å²) in [6, 6.07) is 4.89.